The average molecular weight is 317 g/mol. The van der Waals surface area contributed by atoms with Gasteiger partial charge in [0.15, 0.2) is 0 Å². The topological polar surface area (TPSA) is 66.6 Å². The number of hydrogen-bond donors (Lipinski definition) is 1. The van der Waals surface area contributed by atoms with Gasteiger partial charge in [0.1, 0.15) is 0 Å². The fraction of sp³-hybridized carbons (Fsp3) is 0.556. The number of rotatable bonds is 4. The van der Waals surface area contributed by atoms with Crippen LogP contribution in [0.5, 0.6) is 0 Å². The van der Waals surface area contributed by atoms with Gasteiger partial charge in [-0.3, -0.25) is 9.59 Å². The lowest BCUT2D eigenvalue weighted by Gasteiger charge is -2.34. The lowest BCUT2D eigenvalue weighted by atomic mass is 9.94. The third-order valence-corrected chi connectivity index (χ3v) is 4.65. The van der Waals surface area contributed by atoms with E-state index in [0.29, 0.717) is 25.2 Å². The molecule has 1 aromatic carbocycles. The Balaban J connectivity index is 1.85. The van der Waals surface area contributed by atoms with Crippen LogP contribution in [-0.2, 0) is 16.0 Å². The number of hydrogen-bond acceptors (Lipinski definition) is 3. The zero-order chi connectivity index (χ0) is 17.0. The average Bonchev–Trinajstić information content (AvgIpc) is 2.55. The Kier molecular flexibility index (Phi) is 5.64. The van der Waals surface area contributed by atoms with Crippen molar-refractivity contribution >= 4 is 17.5 Å². The molecule has 1 saturated heterocycles. The molecule has 5 heteroatoms. The molecule has 2 N–H and O–H groups in total. The van der Waals surface area contributed by atoms with Gasteiger partial charge in [0.2, 0.25) is 11.8 Å². The molecule has 1 aliphatic heterocycles. The maximum Gasteiger partial charge on any atom is 0.226 e. The minimum absolute atomic E-state index is 0.0444. The Hall–Kier alpha value is -2.04. The van der Waals surface area contributed by atoms with Crippen LogP contribution in [0.25, 0.3) is 0 Å². The van der Waals surface area contributed by atoms with Crippen LogP contribution in [0.4, 0.5) is 5.69 Å². The van der Waals surface area contributed by atoms with Crippen LogP contribution < -0.4 is 5.73 Å². The molecular weight excluding hydrogens is 290 g/mol. The van der Waals surface area contributed by atoms with E-state index in [1.165, 1.54) is 0 Å². The van der Waals surface area contributed by atoms with Crippen LogP contribution in [-0.4, -0.2) is 47.8 Å². The third-order valence-electron chi connectivity index (χ3n) is 4.65. The van der Waals surface area contributed by atoms with E-state index in [4.69, 9.17) is 5.73 Å². The summed E-state index contributed by atoms with van der Waals surface area (Å²) >= 11 is 0. The van der Waals surface area contributed by atoms with Crippen molar-refractivity contribution < 1.29 is 9.59 Å². The second kappa shape index (κ2) is 7.49. The van der Waals surface area contributed by atoms with Crippen molar-refractivity contribution in [1.82, 2.24) is 9.80 Å². The molecule has 1 aromatic rings. The van der Waals surface area contributed by atoms with E-state index in [0.717, 1.165) is 18.4 Å². The predicted molar refractivity (Wildman–Crippen MR) is 91.8 cm³/mol. The van der Waals surface area contributed by atoms with Gasteiger partial charge in [-0.15, -0.1) is 0 Å². The van der Waals surface area contributed by atoms with Gasteiger partial charge >= 0.3 is 0 Å². The highest BCUT2D eigenvalue weighted by atomic mass is 16.2. The van der Waals surface area contributed by atoms with Gasteiger partial charge in [0.05, 0.1) is 6.42 Å². The maximum absolute atomic E-state index is 12.4. The van der Waals surface area contributed by atoms with Gasteiger partial charge in [-0.05, 0) is 44.4 Å². The van der Waals surface area contributed by atoms with Gasteiger partial charge in [-0.25, -0.2) is 0 Å². The highest BCUT2D eigenvalue weighted by Gasteiger charge is 2.29. The second-order valence-corrected chi connectivity index (χ2v) is 6.62. The molecule has 0 spiro atoms. The molecule has 1 aliphatic rings. The Morgan fingerprint density at radius 1 is 1.22 bits per heavy atom. The first-order chi connectivity index (χ1) is 10.9. The number of likely N-dealkylation sites (tertiary alicyclic amines) is 1. The number of benzene rings is 1. The van der Waals surface area contributed by atoms with Gasteiger partial charge in [-0.2, -0.15) is 0 Å². The van der Waals surface area contributed by atoms with E-state index < -0.39 is 0 Å². The van der Waals surface area contributed by atoms with Gasteiger partial charge in [0.25, 0.3) is 0 Å². The van der Waals surface area contributed by atoms with Crippen LogP contribution in [0, 0.1) is 5.92 Å². The van der Waals surface area contributed by atoms with E-state index >= 15 is 0 Å². The first kappa shape index (κ1) is 17.3. The van der Waals surface area contributed by atoms with Crippen molar-refractivity contribution in [3.8, 4) is 0 Å². The molecule has 0 radical (unpaired) electrons. The number of nitrogens with zero attached hydrogens (tertiary/aromatic N) is 2. The Morgan fingerprint density at radius 2 is 1.78 bits per heavy atom. The first-order valence-corrected chi connectivity index (χ1v) is 8.27. The molecule has 1 heterocycles. The Bertz CT molecular complexity index is 546. The van der Waals surface area contributed by atoms with Crippen molar-refractivity contribution in [3.05, 3.63) is 29.8 Å². The van der Waals surface area contributed by atoms with Crippen LogP contribution in [0.1, 0.15) is 32.3 Å². The van der Waals surface area contributed by atoms with Crippen molar-refractivity contribution in [2.24, 2.45) is 5.92 Å². The molecule has 2 rings (SSSR count). The lowest BCUT2D eigenvalue weighted by Crippen LogP contribution is -2.45. The molecule has 126 valence electrons. The summed E-state index contributed by atoms with van der Waals surface area (Å²) in [6.07, 6.45) is 1.90. The number of anilines is 1. The second-order valence-electron chi connectivity index (χ2n) is 6.62. The third kappa shape index (κ3) is 4.47. The highest BCUT2D eigenvalue weighted by Crippen LogP contribution is 2.21. The predicted octanol–water partition coefficient (Wildman–Crippen LogP) is 1.92. The van der Waals surface area contributed by atoms with Crippen molar-refractivity contribution in [2.75, 3.05) is 25.9 Å². The van der Waals surface area contributed by atoms with E-state index in [2.05, 4.69) is 0 Å². The van der Waals surface area contributed by atoms with Crippen molar-refractivity contribution in [3.63, 3.8) is 0 Å². The van der Waals surface area contributed by atoms with Gasteiger partial charge in [0, 0.05) is 37.8 Å². The zero-order valence-corrected chi connectivity index (χ0v) is 14.3. The summed E-state index contributed by atoms with van der Waals surface area (Å²) in [6.45, 7) is 5.36. The van der Waals surface area contributed by atoms with E-state index in [9.17, 15) is 9.59 Å². The van der Waals surface area contributed by atoms with E-state index in [1.54, 1.807) is 4.90 Å². The summed E-state index contributed by atoms with van der Waals surface area (Å²) < 4.78 is 0. The summed E-state index contributed by atoms with van der Waals surface area (Å²) in [5.41, 5.74) is 7.34. The minimum atomic E-state index is 0.0444. The molecule has 0 aliphatic carbocycles. The summed E-state index contributed by atoms with van der Waals surface area (Å²) in [4.78, 5) is 28.4. The fourth-order valence-electron chi connectivity index (χ4n) is 2.84. The molecule has 0 unspecified atom stereocenters. The van der Waals surface area contributed by atoms with E-state index in [-0.39, 0.29) is 23.8 Å². The molecule has 2 amide bonds. The normalized spacial score (nSPS) is 15.7. The number of carbonyl (C=O) groups excluding carboxylic acids is 2. The van der Waals surface area contributed by atoms with E-state index in [1.807, 2.05) is 50.1 Å². The van der Waals surface area contributed by atoms with Crippen LogP contribution in [0.15, 0.2) is 24.3 Å². The maximum atomic E-state index is 12.4. The largest absolute Gasteiger partial charge is 0.399 e. The molecule has 1 fully saturated rings. The summed E-state index contributed by atoms with van der Waals surface area (Å²) in [5, 5.41) is 0. The zero-order valence-electron chi connectivity index (χ0n) is 14.3. The van der Waals surface area contributed by atoms with Crippen LogP contribution in [0.3, 0.4) is 0 Å². The number of nitrogens with two attached hydrogens (primary N) is 1. The van der Waals surface area contributed by atoms with Gasteiger partial charge < -0.3 is 15.5 Å². The van der Waals surface area contributed by atoms with Crippen molar-refractivity contribution in [2.45, 2.75) is 39.2 Å². The lowest BCUT2D eigenvalue weighted by molar-refractivity contribution is -0.140. The number of carbonyl (C=O) groups is 2. The Labute approximate surface area is 138 Å². The summed E-state index contributed by atoms with van der Waals surface area (Å²) in [7, 11) is 1.85. The van der Waals surface area contributed by atoms with Crippen LogP contribution >= 0.6 is 0 Å². The first-order valence-electron chi connectivity index (χ1n) is 8.27. The number of amides is 2. The smallest absolute Gasteiger partial charge is 0.226 e. The fourth-order valence-corrected chi connectivity index (χ4v) is 2.84. The summed E-state index contributed by atoms with van der Waals surface area (Å²) in [6, 6.07) is 7.62. The number of piperidine rings is 1. The minimum Gasteiger partial charge on any atom is -0.399 e. The van der Waals surface area contributed by atoms with Crippen LogP contribution in [0.2, 0.25) is 0 Å². The highest BCUT2D eigenvalue weighted by molar-refractivity contribution is 5.81. The molecule has 0 aromatic heterocycles. The quantitative estimate of drug-likeness (QED) is 0.863. The molecular formula is C18H27N3O2. The standard InChI is InChI=1S/C18H27N3O2/c1-13(2)20(3)18(23)15-8-10-21(11-9-15)17(22)12-14-4-6-16(19)7-5-14/h4-7,13,15H,8-12,19H2,1-3H3. The summed E-state index contributed by atoms with van der Waals surface area (Å²) in [5.74, 6) is 0.367. The Morgan fingerprint density at radius 3 is 2.30 bits per heavy atom. The van der Waals surface area contributed by atoms with Crippen molar-refractivity contribution in [1.29, 1.82) is 0 Å². The molecule has 0 bridgehead atoms. The van der Waals surface area contributed by atoms with Gasteiger partial charge in [-0.1, -0.05) is 12.1 Å². The molecule has 0 saturated carbocycles. The molecule has 5 nitrogen and oxygen atoms in total. The SMILES string of the molecule is CC(C)N(C)C(=O)C1CCN(C(=O)Cc2ccc(N)cc2)CC1. The number of nitrogen functional groups attached to an aromatic ring is 1. The molecule has 23 heavy (non-hydrogen) atoms. The monoisotopic (exact) mass is 317 g/mol. The molecule has 0 atom stereocenters.